The van der Waals surface area contributed by atoms with Crippen molar-refractivity contribution in [3.8, 4) is 5.75 Å². The van der Waals surface area contributed by atoms with Gasteiger partial charge in [-0.2, -0.15) is 0 Å². The van der Waals surface area contributed by atoms with E-state index in [0.29, 0.717) is 23.8 Å². The molecule has 6 heteroatoms. The van der Waals surface area contributed by atoms with Crippen LogP contribution >= 0.6 is 27.5 Å². The molecule has 0 atom stereocenters. The van der Waals surface area contributed by atoms with Crippen molar-refractivity contribution in [1.82, 2.24) is 0 Å². The number of hydrogen-bond donors (Lipinski definition) is 0. The molecule has 1 aromatic rings. The monoisotopic (exact) mass is 340 g/mol. The fraction of sp³-hybridized carbons (Fsp3) is 0.455. The second-order valence-electron chi connectivity index (χ2n) is 3.73. The lowest BCUT2D eigenvalue weighted by molar-refractivity contribution is 0.318. The molecule has 0 heterocycles. The van der Waals surface area contributed by atoms with Crippen LogP contribution in [0.1, 0.15) is 12.0 Å². The minimum atomic E-state index is -2.92. The maximum atomic E-state index is 10.9. The van der Waals surface area contributed by atoms with E-state index in [1.165, 1.54) is 6.26 Å². The molecule has 0 saturated carbocycles. The molecule has 1 aromatic carbocycles. The van der Waals surface area contributed by atoms with Crippen molar-refractivity contribution >= 4 is 37.4 Å². The molecule has 0 amide bonds. The number of hydrogen-bond acceptors (Lipinski definition) is 3. The summed E-state index contributed by atoms with van der Waals surface area (Å²) in [5.41, 5.74) is 1.07. The van der Waals surface area contributed by atoms with Crippen molar-refractivity contribution in [2.75, 3.05) is 18.6 Å². The number of benzene rings is 1. The molecule has 0 aliphatic rings. The first-order chi connectivity index (χ1) is 7.92. The van der Waals surface area contributed by atoms with Gasteiger partial charge in [0, 0.05) is 11.6 Å². The van der Waals surface area contributed by atoms with Crippen LogP contribution in [0.2, 0.25) is 5.02 Å². The minimum absolute atomic E-state index is 0.129. The molecule has 0 saturated heterocycles. The largest absolute Gasteiger partial charge is 0.492 e. The van der Waals surface area contributed by atoms with E-state index in [4.69, 9.17) is 16.3 Å². The van der Waals surface area contributed by atoms with Gasteiger partial charge in [0.2, 0.25) is 0 Å². The van der Waals surface area contributed by atoms with Crippen LogP contribution in [0.25, 0.3) is 0 Å². The Kier molecular flexibility index (Phi) is 5.76. The van der Waals surface area contributed by atoms with Gasteiger partial charge in [0.25, 0.3) is 0 Å². The van der Waals surface area contributed by atoms with Crippen LogP contribution in [0, 0.1) is 0 Å². The molecular formula is C11H14BrClO3S. The number of rotatable bonds is 6. The Hall–Kier alpha value is -0.260. The van der Waals surface area contributed by atoms with Crippen molar-refractivity contribution in [3.63, 3.8) is 0 Å². The van der Waals surface area contributed by atoms with Gasteiger partial charge in [0.1, 0.15) is 15.6 Å². The third-order valence-corrected chi connectivity index (χ3v) is 4.04. The first-order valence-electron chi connectivity index (χ1n) is 5.07. The number of halogens is 2. The van der Waals surface area contributed by atoms with Crippen LogP contribution in [-0.4, -0.2) is 27.0 Å². The zero-order valence-electron chi connectivity index (χ0n) is 9.45. The van der Waals surface area contributed by atoms with Crippen molar-refractivity contribution in [2.45, 2.75) is 11.8 Å². The summed E-state index contributed by atoms with van der Waals surface area (Å²) in [6.07, 6.45) is 1.68. The number of alkyl halides is 1. The lowest BCUT2D eigenvalue weighted by atomic mass is 10.2. The first kappa shape index (κ1) is 14.8. The van der Waals surface area contributed by atoms with Crippen LogP contribution < -0.4 is 4.74 Å². The fourth-order valence-electron chi connectivity index (χ4n) is 1.25. The van der Waals surface area contributed by atoms with E-state index in [1.807, 2.05) is 12.1 Å². The van der Waals surface area contributed by atoms with E-state index in [-0.39, 0.29) is 5.75 Å². The second-order valence-corrected chi connectivity index (χ2v) is 6.96. The quantitative estimate of drug-likeness (QED) is 0.590. The summed E-state index contributed by atoms with van der Waals surface area (Å²) in [4.78, 5) is 0. The zero-order valence-corrected chi connectivity index (χ0v) is 12.6. The molecule has 1 rings (SSSR count). The third-order valence-electron chi connectivity index (χ3n) is 2.07. The third kappa shape index (κ3) is 5.75. The highest BCUT2D eigenvalue weighted by Gasteiger charge is 2.05. The average Bonchev–Trinajstić information content (AvgIpc) is 2.24. The van der Waals surface area contributed by atoms with Gasteiger partial charge >= 0.3 is 0 Å². The standard InChI is InChI=1S/C11H14BrClO3S/c1-17(14,15)6-2-5-16-11-4-3-9(8-12)7-10(11)13/h3-4,7H,2,5-6,8H2,1H3. The van der Waals surface area contributed by atoms with Gasteiger partial charge in [-0.1, -0.05) is 33.6 Å². The van der Waals surface area contributed by atoms with Gasteiger partial charge in [0.05, 0.1) is 17.4 Å². The molecule has 96 valence electrons. The van der Waals surface area contributed by atoms with E-state index in [0.717, 1.165) is 10.9 Å². The molecule has 0 aliphatic heterocycles. The summed E-state index contributed by atoms with van der Waals surface area (Å²) < 4.78 is 27.2. The summed E-state index contributed by atoms with van der Waals surface area (Å²) in [5.74, 6) is 0.717. The molecule has 0 N–H and O–H groups in total. The van der Waals surface area contributed by atoms with E-state index in [9.17, 15) is 8.42 Å². The molecule has 17 heavy (non-hydrogen) atoms. The lowest BCUT2D eigenvalue weighted by Gasteiger charge is -2.08. The number of sulfone groups is 1. The molecule has 0 bridgehead atoms. The van der Waals surface area contributed by atoms with Crippen molar-refractivity contribution in [2.24, 2.45) is 0 Å². The van der Waals surface area contributed by atoms with E-state index in [2.05, 4.69) is 15.9 Å². The van der Waals surface area contributed by atoms with E-state index < -0.39 is 9.84 Å². The van der Waals surface area contributed by atoms with Crippen LogP contribution in [0.5, 0.6) is 5.75 Å². The first-order valence-corrected chi connectivity index (χ1v) is 8.63. The van der Waals surface area contributed by atoms with Crippen LogP contribution in [-0.2, 0) is 15.2 Å². The summed E-state index contributed by atoms with van der Waals surface area (Å²) in [7, 11) is -2.92. The Bertz CT molecular complexity index is 474. The van der Waals surface area contributed by atoms with Crippen LogP contribution in [0.3, 0.4) is 0 Å². The minimum Gasteiger partial charge on any atom is -0.492 e. The Morgan fingerprint density at radius 3 is 2.65 bits per heavy atom. The average molecular weight is 342 g/mol. The van der Waals surface area contributed by atoms with Gasteiger partial charge in [0.15, 0.2) is 0 Å². The second kappa shape index (κ2) is 6.61. The van der Waals surface area contributed by atoms with Gasteiger partial charge in [-0.25, -0.2) is 8.42 Å². The maximum absolute atomic E-state index is 10.9. The zero-order chi connectivity index (χ0) is 12.9. The molecule has 0 aliphatic carbocycles. The van der Waals surface area contributed by atoms with Crippen LogP contribution in [0.4, 0.5) is 0 Å². The van der Waals surface area contributed by atoms with Gasteiger partial charge in [-0.15, -0.1) is 0 Å². The Balaban J connectivity index is 2.47. The molecule has 0 aromatic heterocycles. The van der Waals surface area contributed by atoms with Crippen molar-refractivity contribution < 1.29 is 13.2 Å². The van der Waals surface area contributed by atoms with Crippen LogP contribution in [0.15, 0.2) is 18.2 Å². The smallest absolute Gasteiger partial charge is 0.147 e. The Labute approximate surface area is 115 Å². The van der Waals surface area contributed by atoms with E-state index in [1.54, 1.807) is 6.07 Å². The van der Waals surface area contributed by atoms with E-state index >= 15 is 0 Å². The predicted molar refractivity (Wildman–Crippen MR) is 73.9 cm³/mol. The number of ether oxygens (including phenoxy) is 1. The molecule has 0 radical (unpaired) electrons. The lowest BCUT2D eigenvalue weighted by Crippen LogP contribution is -2.08. The molecule has 0 fully saturated rings. The van der Waals surface area contributed by atoms with Gasteiger partial charge in [-0.05, 0) is 24.1 Å². The molecule has 3 nitrogen and oxygen atoms in total. The highest BCUT2D eigenvalue weighted by Crippen LogP contribution is 2.26. The van der Waals surface area contributed by atoms with Crippen molar-refractivity contribution in [3.05, 3.63) is 28.8 Å². The molecule has 0 spiro atoms. The highest BCUT2D eigenvalue weighted by atomic mass is 79.9. The Morgan fingerprint density at radius 1 is 1.41 bits per heavy atom. The van der Waals surface area contributed by atoms with Gasteiger partial charge < -0.3 is 4.74 Å². The summed E-state index contributed by atoms with van der Waals surface area (Å²) in [6, 6.07) is 5.52. The highest BCUT2D eigenvalue weighted by molar-refractivity contribution is 9.08. The normalized spacial score (nSPS) is 11.5. The topological polar surface area (TPSA) is 43.4 Å². The summed E-state index contributed by atoms with van der Waals surface area (Å²) in [6.45, 7) is 0.348. The predicted octanol–water partition coefficient (Wildman–Crippen LogP) is 3.05. The Morgan fingerprint density at radius 2 is 2.12 bits per heavy atom. The molecule has 0 unspecified atom stereocenters. The fourth-order valence-corrected chi connectivity index (χ4v) is 2.50. The van der Waals surface area contributed by atoms with Gasteiger partial charge in [-0.3, -0.25) is 0 Å². The maximum Gasteiger partial charge on any atom is 0.147 e. The summed E-state index contributed by atoms with van der Waals surface area (Å²) in [5, 5.41) is 1.28. The summed E-state index contributed by atoms with van der Waals surface area (Å²) >= 11 is 9.35. The SMILES string of the molecule is CS(=O)(=O)CCCOc1ccc(CBr)cc1Cl. The molecular weight excluding hydrogens is 328 g/mol. The van der Waals surface area contributed by atoms with Crippen molar-refractivity contribution in [1.29, 1.82) is 0 Å².